The second-order valence-corrected chi connectivity index (χ2v) is 14.6. The Balaban J connectivity index is 1.51. The van der Waals surface area contributed by atoms with Crippen LogP contribution in [0.2, 0.25) is 0 Å². The molecule has 0 saturated heterocycles. The third-order valence-corrected chi connectivity index (χ3v) is 12.1. The van der Waals surface area contributed by atoms with E-state index in [0.717, 1.165) is 19.3 Å². The van der Waals surface area contributed by atoms with Crippen molar-refractivity contribution in [2.24, 2.45) is 44.8 Å². The molecule has 0 aromatic carbocycles. The van der Waals surface area contributed by atoms with E-state index in [1.165, 1.54) is 19.4 Å². The molecule has 0 heterocycles. The van der Waals surface area contributed by atoms with Gasteiger partial charge in [-0.1, -0.05) is 46.3 Å². The molecule has 6 nitrogen and oxygen atoms in total. The van der Waals surface area contributed by atoms with Crippen molar-refractivity contribution in [3.05, 3.63) is 11.6 Å². The Labute approximate surface area is 214 Å². The van der Waals surface area contributed by atoms with Crippen LogP contribution in [0.5, 0.6) is 0 Å². The van der Waals surface area contributed by atoms with Gasteiger partial charge in [0.25, 0.3) is 0 Å². The topological polar surface area (TPSA) is 112 Å². The molecular weight excluding hydrogens is 456 g/mol. The third kappa shape index (κ3) is 2.93. The van der Waals surface area contributed by atoms with Crippen LogP contribution < -0.4 is 0 Å². The van der Waals surface area contributed by atoms with Crippen molar-refractivity contribution in [2.45, 2.75) is 111 Å². The predicted molar refractivity (Wildman–Crippen MR) is 135 cm³/mol. The molecule has 3 N–H and O–H groups in total. The average Bonchev–Trinajstić information content (AvgIpc) is 3.38. The Morgan fingerprint density at radius 3 is 2.44 bits per heavy atom. The first-order valence-corrected chi connectivity index (χ1v) is 13.8. The van der Waals surface area contributed by atoms with E-state index in [0.29, 0.717) is 25.0 Å². The van der Waals surface area contributed by atoms with Crippen LogP contribution >= 0.6 is 0 Å². The molecule has 6 heteroatoms. The minimum absolute atomic E-state index is 0.00975. The summed E-state index contributed by atoms with van der Waals surface area (Å²) in [6.45, 7) is 13.2. The largest absolute Gasteiger partial charge is 0.392 e. The molecule has 0 radical (unpaired) electrons. The van der Waals surface area contributed by atoms with Gasteiger partial charge in [0.15, 0.2) is 5.78 Å². The lowest BCUT2D eigenvalue weighted by Gasteiger charge is -2.60. The number of ketones is 3. The summed E-state index contributed by atoms with van der Waals surface area (Å²) in [5.74, 6) is -0.523. The van der Waals surface area contributed by atoms with Crippen LogP contribution in [0.4, 0.5) is 0 Å². The molecule has 2 spiro atoms. The van der Waals surface area contributed by atoms with Crippen molar-refractivity contribution in [3.63, 3.8) is 0 Å². The second-order valence-electron chi connectivity index (χ2n) is 14.6. The minimum Gasteiger partial charge on any atom is -0.392 e. The van der Waals surface area contributed by atoms with Crippen molar-refractivity contribution in [1.29, 1.82) is 0 Å². The highest BCUT2D eigenvalue weighted by Gasteiger charge is 2.83. The van der Waals surface area contributed by atoms with Gasteiger partial charge in [0, 0.05) is 41.4 Å². The highest BCUT2D eigenvalue weighted by Crippen LogP contribution is 2.87. The fraction of sp³-hybridized carbons (Fsp3) is 0.833. The molecule has 0 aromatic heterocycles. The number of allylic oxidation sites excluding steroid dienone is 1. The number of Topliss-reactive ketones (excluding diaryl/α,β-unsaturated/α-hetero) is 3. The van der Waals surface area contributed by atoms with Gasteiger partial charge in [0.2, 0.25) is 0 Å². The van der Waals surface area contributed by atoms with Gasteiger partial charge in [-0.05, 0) is 62.2 Å². The summed E-state index contributed by atoms with van der Waals surface area (Å²) < 4.78 is 0. The minimum atomic E-state index is -1.54. The number of rotatable bonds is 5. The van der Waals surface area contributed by atoms with E-state index in [-0.39, 0.29) is 34.9 Å². The zero-order valence-electron chi connectivity index (χ0n) is 23.0. The van der Waals surface area contributed by atoms with Gasteiger partial charge in [-0.15, -0.1) is 0 Å². The van der Waals surface area contributed by atoms with Crippen LogP contribution in [0.15, 0.2) is 11.6 Å². The number of aliphatic hydroxyl groups is 3. The summed E-state index contributed by atoms with van der Waals surface area (Å²) in [7, 11) is 0. The normalized spacial score (nSPS) is 46.6. The molecule has 0 amide bonds. The maximum Gasteiger partial charge on any atom is 0.164 e. The van der Waals surface area contributed by atoms with Gasteiger partial charge < -0.3 is 15.3 Å². The molecule has 36 heavy (non-hydrogen) atoms. The Morgan fingerprint density at radius 1 is 1.19 bits per heavy atom. The molecule has 0 bridgehead atoms. The molecule has 5 aliphatic carbocycles. The molecule has 0 aromatic rings. The molecule has 0 unspecified atom stereocenters. The van der Waals surface area contributed by atoms with E-state index >= 15 is 0 Å². The Kier molecular flexibility index (Phi) is 5.38. The summed E-state index contributed by atoms with van der Waals surface area (Å²) in [5, 5.41) is 32.3. The highest BCUT2D eigenvalue weighted by atomic mass is 16.3. The van der Waals surface area contributed by atoms with Crippen LogP contribution in [0.3, 0.4) is 0 Å². The zero-order valence-corrected chi connectivity index (χ0v) is 23.0. The Bertz CT molecular complexity index is 1070. The molecule has 9 atom stereocenters. The first-order valence-electron chi connectivity index (χ1n) is 13.8. The first-order chi connectivity index (χ1) is 16.4. The molecule has 5 aliphatic rings. The average molecular weight is 501 g/mol. The van der Waals surface area contributed by atoms with Crippen LogP contribution in [-0.2, 0) is 14.4 Å². The predicted octanol–water partition coefficient (Wildman–Crippen LogP) is 3.79. The molecule has 200 valence electrons. The van der Waals surface area contributed by atoms with Crippen LogP contribution in [0.25, 0.3) is 0 Å². The molecule has 4 fully saturated rings. The number of hydrogen-bond acceptors (Lipinski definition) is 6. The van der Waals surface area contributed by atoms with E-state index < -0.39 is 45.8 Å². The van der Waals surface area contributed by atoms with E-state index in [4.69, 9.17) is 0 Å². The number of carbonyl (C=O) groups is 3. The second kappa shape index (κ2) is 7.39. The smallest absolute Gasteiger partial charge is 0.164 e. The maximum absolute atomic E-state index is 13.7. The monoisotopic (exact) mass is 500 g/mol. The van der Waals surface area contributed by atoms with Crippen LogP contribution in [-0.4, -0.2) is 50.5 Å². The molecular formula is C30H44O6. The summed E-state index contributed by atoms with van der Waals surface area (Å²) in [5.41, 5.74) is -2.08. The van der Waals surface area contributed by atoms with Gasteiger partial charge >= 0.3 is 0 Å². The highest BCUT2D eigenvalue weighted by molar-refractivity contribution is 5.90. The maximum atomic E-state index is 13.7. The zero-order chi connectivity index (χ0) is 26.9. The summed E-state index contributed by atoms with van der Waals surface area (Å²) in [6, 6.07) is 0. The first kappa shape index (κ1) is 26.2. The van der Waals surface area contributed by atoms with E-state index in [2.05, 4.69) is 33.8 Å². The van der Waals surface area contributed by atoms with Gasteiger partial charge in [0.05, 0.1) is 11.7 Å². The lowest BCUT2D eigenvalue weighted by atomic mass is 9.44. The van der Waals surface area contributed by atoms with E-state index in [1.807, 2.05) is 6.92 Å². The van der Waals surface area contributed by atoms with Crippen molar-refractivity contribution in [2.75, 3.05) is 0 Å². The van der Waals surface area contributed by atoms with E-state index in [9.17, 15) is 29.7 Å². The fourth-order valence-corrected chi connectivity index (χ4v) is 10.1. The number of carbonyl (C=O) groups excluding carboxylic acids is 3. The van der Waals surface area contributed by atoms with Gasteiger partial charge in [-0.25, -0.2) is 0 Å². The lowest BCUT2D eigenvalue weighted by Crippen LogP contribution is -2.57. The van der Waals surface area contributed by atoms with Crippen molar-refractivity contribution >= 4 is 17.3 Å². The molecule has 0 aliphatic heterocycles. The van der Waals surface area contributed by atoms with Gasteiger partial charge in [-0.3, -0.25) is 14.4 Å². The Hall–Kier alpha value is -1.37. The number of hydrogen-bond donors (Lipinski definition) is 3. The summed E-state index contributed by atoms with van der Waals surface area (Å²) in [4.78, 5) is 39.3. The SMILES string of the molecule is C[C@H](CC(=O)[C@H](O)C(C)(C)O)[C@H]1C(=O)C[C@@]2(C)C3=CC[C@H]4C(C)(C)C(=O)CC[C@@]45C[C@@]35[C@@H](O)C[C@]12C. The van der Waals surface area contributed by atoms with Gasteiger partial charge in [0.1, 0.15) is 17.7 Å². The van der Waals surface area contributed by atoms with Crippen molar-refractivity contribution in [3.8, 4) is 0 Å². The lowest BCUT2D eigenvalue weighted by molar-refractivity contribution is -0.145. The summed E-state index contributed by atoms with van der Waals surface area (Å²) in [6.07, 6.45) is 4.16. The number of fused-ring (bicyclic) bond motifs is 2. The third-order valence-electron chi connectivity index (χ3n) is 12.1. The summed E-state index contributed by atoms with van der Waals surface area (Å²) >= 11 is 0. The number of aliphatic hydroxyl groups excluding tert-OH is 2. The van der Waals surface area contributed by atoms with Crippen LogP contribution in [0, 0.1) is 44.8 Å². The van der Waals surface area contributed by atoms with Crippen molar-refractivity contribution in [1.82, 2.24) is 0 Å². The van der Waals surface area contributed by atoms with Crippen molar-refractivity contribution < 1.29 is 29.7 Å². The standard InChI is InChI=1S/C30H44O6/c1-16(12-17(31)24(35)26(4,5)36)23-18(32)13-27(6)20-9-8-19-25(2,3)21(33)10-11-29(19)15-30(20,29)22(34)14-28(23,27)7/h9,16,19,22-24,34-36H,8,10-15H2,1-7H3/t16-,19+,22+,23+,24+,27+,28-,29-,30+/m1/s1. The quantitative estimate of drug-likeness (QED) is 0.495. The van der Waals surface area contributed by atoms with Gasteiger partial charge in [-0.2, -0.15) is 0 Å². The van der Waals surface area contributed by atoms with E-state index in [1.54, 1.807) is 0 Å². The molecule has 5 rings (SSSR count). The fourth-order valence-electron chi connectivity index (χ4n) is 10.1. The Morgan fingerprint density at radius 2 is 1.83 bits per heavy atom. The molecule has 4 saturated carbocycles. The van der Waals surface area contributed by atoms with Crippen LogP contribution in [0.1, 0.15) is 93.4 Å².